The first-order valence-corrected chi connectivity index (χ1v) is 9.00. The van der Waals surface area contributed by atoms with Crippen molar-refractivity contribution in [3.63, 3.8) is 0 Å². The Hall–Kier alpha value is -0.260. The average Bonchev–Trinajstić information content (AvgIpc) is 2.43. The molecule has 0 bridgehead atoms. The number of carbonyl (C=O) groups is 1. The van der Waals surface area contributed by atoms with Gasteiger partial charge < -0.3 is 10.5 Å². The smallest absolute Gasteiger partial charge is 0.323 e. The van der Waals surface area contributed by atoms with Gasteiger partial charge in [0.15, 0.2) is 0 Å². The van der Waals surface area contributed by atoms with E-state index in [1.54, 1.807) is 11.8 Å². The van der Waals surface area contributed by atoms with Crippen molar-refractivity contribution in [3.8, 4) is 0 Å². The van der Waals surface area contributed by atoms with E-state index in [9.17, 15) is 4.79 Å². The fourth-order valence-corrected chi connectivity index (χ4v) is 3.87. The molecule has 1 atom stereocenters. The molecule has 0 aliphatic heterocycles. The lowest BCUT2D eigenvalue weighted by atomic mass is 9.79. The molecule has 21 heavy (non-hydrogen) atoms. The molecule has 5 heteroatoms. The van der Waals surface area contributed by atoms with Gasteiger partial charge in [0.25, 0.3) is 0 Å². The maximum Gasteiger partial charge on any atom is 0.323 e. The van der Waals surface area contributed by atoms with Gasteiger partial charge in [0.2, 0.25) is 0 Å². The van der Waals surface area contributed by atoms with Gasteiger partial charge in [-0.3, -0.25) is 10.1 Å². The second kappa shape index (κ2) is 8.39. The molecule has 0 aromatic rings. The number of carbonyl (C=O) groups excluding carboxylic acids is 1. The normalized spacial score (nSPS) is 20.0. The molecule has 1 saturated carbocycles. The number of methoxy groups -OCH3 is 1. The summed E-state index contributed by atoms with van der Waals surface area (Å²) in [5.41, 5.74) is 5.83. The highest BCUT2D eigenvalue weighted by Gasteiger charge is 2.36. The number of rotatable bonds is 7. The van der Waals surface area contributed by atoms with Crippen LogP contribution >= 0.6 is 11.8 Å². The van der Waals surface area contributed by atoms with Crippen LogP contribution in [-0.4, -0.2) is 41.7 Å². The Morgan fingerprint density at radius 2 is 1.95 bits per heavy atom. The lowest BCUT2D eigenvalue weighted by molar-refractivity contribution is -0.143. The van der Waals surface area contributed by atoms with E-state index < -0.39 is 0 Å². The van der Waals surface area contributed by atoms with Gasteiger partial charge in [-0.2, -0.15) is 11.8 Å². The third-order valence-electron chi connectivity index (χ3n) is 4.08. The van der Waals surface area contributed by atoms with Crippen LogP contribution in [0, 0.1) is 0 Å². The number of thioether (sulfide) groups is 1. The molecule has 3 N–H and O–H groups in total. The quantitative estimate of drug-likeness (QED) is 0.707. The molecule has 0 aromatic carbocycles. The predicted molar refractivity (Wildman–Crippen MR) is 90.6 cm³/mol. The van der Waals surface area contributed by atoms with Crippen molar-refractivity contribution in [2.24, 2.45) is 5.73 Å². The third kappa shape index (κ3) is 6.57. The zero-order valence-corrected chi connectivity index (χ0v) is 14.9. The maximum absolute atomic E-state index is 12.1. The fourth-order valence-electron chi connectivity index (χ4n) is 2.99. The summed E-state index contributed by atoms with van der Waals surface area (Å²) in [6, 6.07) is -0.246. The van der Waals surface area contributed by atoms with E-state index in [1.165, 1.54) is 26.4 Å². The molecule has 1 aliphatic carbocycles. The van der Waals surface area contributed by atoms with E-state index >= 15 is 0 Å². The van der Waals surface area contributed by atoms with Crippen molar-refractivity contribution < 1.29 is 9.53 Å². The zero-order chi connectivity index (χ0) is 15.9. The lowest BCUT2D eigenvalue weighted by Crippen LogP contribution is -2.56. The van der Waals surface area contributed by atoms with Gasteiger partial charge in [-0.1, -0.05) is 40.0 Å². The van der Waals surface area contributed by atoms with Crippen molar-refractivity contribution in [1.29, 1.82) is 0 Å². The highest BCUT2D eigenvalue weighted by Crippen LogP contribution is 2.32. The molecule has 0 saturated heterocycles. The van der Waals surface area contributed by atoms with Crippen LogP contribution in [0.4, 0.5) is 0 Å². The van der Waals surface area contributed by atoms with Gasteiger partial charge >= 0.3 is 5.97 Å². The molecular formula is C16H32N2O2S. The summed E-state index contributed by atoms with van der Waals surface area (Å²) >= 11 is 1.80. The van der Waals surface area contributed by atoms with Crippen LogP contribution in [0.25, 0.3) is 0 Å². The molecule has 0 radical (unpaired) electrons. The van der Waals surface area contributed by atoms with Crippen molar-refractivity contribution in [2.75, 3.05) is 19.4 Å². The molecule has 1 fully saturated rings. The molecule has 124 valence electrons. The summed E-state index contributed by atoms with van der Waals surface area (Å²) in [7, 11) is 1.47. The van der Waals surface area contributed by atoms with E-state index in [-0.39, 0.29) is 22.3 Å². The Morgan fingerprint density at radius 3 is 2.43 bits per heavy atom. The first-order chi connectivity index (χ1) is 9.82. The molecule has 1 unspecified atom stereocenters. The van der Waals surface area contributed by atoms with Crippen LogP contribution in [0.3, 0.4) is 0 Å². The summed E-state index contributed by atoms with van der Waals surface area (Å²) in [6.07, 6.45) is 6.87. The van der Waals surface area contributed by atoms with E-state index in [4.69, 9.17) is 10.5 Å². The first-order valence-electron chi connectivity index (χ1n) is 8.01. The third-order valence-corrected chi connectivity index (χ3v) is 5.45. The number of ether oxygens (including phenoxy) is 1. The molecular weight excluding hydrogens is 284 g/mol. The van der Waals surface area contributed by atoms with Crippen molar-refractivity contribution in [3.05, 3.63) is 0 Å². The molecule has 0 amide bonds. The summed E-state index contributed by atoms with van der Waals surface area (Å²) in [5, 5.41) is 3.62. The van der Waals surface area contributed by atoms with Crippen molar-refractivity contribution >= 4 is 17.7 Å². The second-order valence-electron chi connectivity index (χ2n) is 7.02. The maximum atomic E-state index is 12.1. The Bertz CT molecular complexity index is 317. The van der Waals surface area contributed by atoms with Crippen LogP contribution in [0.5, 0.6) is 0 Å². The Kier molecular flexibility index (Phi) is 7.51. The summed E-state index contributed by atoms with van der Waals surface area (Å²) in [5.74, 6) is 0.580. The van der Waals surface area contributed by atoms with Gasteiger partial charge in [-0.25, -0.2) is 0 Å². The minimum atomic E-state index is -0.246. The van der Waals surface area contributed by atoms with Gasteiger partial charge in [0, 0.05) is 16.0 Å². The molecule has 1 rings (SSSR count). The number of nitrogens with one attached hydrogen (secondary N) is 1. The lowest BCUT2D eigenvalue weighted by Gasteiger charge is -2.41. The Labute approximate surface area is 133 Å². The van der Waals surface area contributed by atoms with E-state index in [2.05, 4.69) is 26.1 Å². The van der Waals surface area contributed by atoms with Gasteiger partial charge in [0.05, 0.1) is 7.11 Å². The highest BCUT2D eigenvalue weighted by atomic mass is 32.2. The summed E-state index contributed by atoms with van der Waals surface area (Å²) < 4.78 is 5.14. The topological polar surface area (TPSA) is 64.3 Å². The van der Waals surface area contributed by atoms with Crippen LogP contribution in [-0.2, 0) is 9.53 Å². The fraction of sp³-hybridized carbons (Fsp3) is 0.938. The molecule has 4 nitrogen and oxygen atoms in total. The largest absolute Gasteiger partial charge is 0.468 e. The van der Waals surface area contributed by atoms with Crippen LogP contribution < -0.4 is 11.1 Å². The van der Waals surface area contributed by atoms with Crippen LogP contribution in [0.15, 0.2) is 0 Å². The predicted octanol–water partition coefficient (Wildman–Crippen LogP) is 2.70. The van der Waals surface area contributed by atoms with Crippen LogP contribution in [0.1, 0.15) is 59.3 Å². The van der Waals surface area contributed by atoms with E-state index in [1.807, 2.05) is 0 Å². The van der Waals surface area contributed by atoms with E-state index in [0.29, 0.717) is 6.54 Å². The minimum Gasteiger partial charge on any atom is -0.468 e. The number of hydrogen-bond acceptors (Lipinski definition) is 5. The van der Waals surface area contributed by atoms with Crippen molar-refractivity contribution in [2.45, 2.75) is 75.6 Å². The monoisotopic (exact) mass is 316 g/mol. The van der Waals surface area contributed by atoms with Gasteiger partial charge in [0.1, 0.15) is 6.04 Å². The standard InChI is InChI=1S/C16H32N2O2S/c1-15(2,3)21-12-13(14(19)20-4)18-16(10-11-17)8-6-5-7-9-16/h13,18H,5-12,17H2,1-4H3. The first kappa shape index (κ1) is 18.8. The molecule has 0 aromatic heterocycles. The molecule has 0 spiro atoms. The summed E-state index contributed by atoms with van der Waals surface area (Å²) in [6.45, 7) is 7.17. The minimum absolute atomic E-state index is 0.0182. The highest BCUT2D eigenvalue weighted by molar-refractivity contribution is 8.00. The zero-order valence-electron chi connectivity index (χ0n) is 14.0. The Balaban J connectivity index is 2.74. The SMILES string of the molecule is COC(=O)C(CSC(C)(C)C)NC1(CCN)CCCCC1. The molecule has 1 aliphatic rings. The summed E-state index contributed by atoms with van der Waals surface area (Å²) in [4.78, 5) is 12.1. The van der Waals surface area contributed by atoms with Gasteiger partial charge in [-0.05, 0) is 25.8 Å². The number of nitrogens with two attached hydrogens (primary N) is 1. The number of hydrogen-bond donors (Lipinski definition) is 2. The second-order valence-corrected chi connectivity index (χ2v) is 8.87. The number of esters is 1. The van der Waals surface area contributed by atoms with E-state index in [0.717, 1.165) is 25.0 Å². The Morgan fingerprint density at radius 1 is 1.33 bits per heavy atom. The van der Waals surface area contributed by atoms with Crippen molar-refractivity contribution in [1.82, 2.24) is 5.32 Å². The average molecular weight is 317 g/mol. The van der Waals surface area contributed by atoms with Gasteiger partial charge in [-0.15, -0.1) is 0 Å². The molecule has 0 heterocycles. The van der Waals surface area contributed by atoms with Crippen LogP contribution in [0.2, 0.25) is 0 Å².